The molecular formula is C19H15F3O3. The van der Waals surface area contributed by atoms with Crippen LogP contribution in [0.15, 0.2) is 54.6 Å². The highest BCUT2D eigenvalue weighted by Crippen LogP contribution is 2.32. The molecule has 0 saturated carbocycles. The number of alkyl halides is 3. The number of phenols is 1. The maximum atomic E-state index is 12.9. The first-order valence-electron chi connectivity index (χ1n) is 7.24. The second-order valence-electron chi connectivity index (χ2n) is 5.09. The SMILES string of the molecule is COc1cc(/C=C/C(=O)/C=C/c2ccccc2C(F)(F)F)ccc1O. The Hall–Kier alpha value is -3.02. The Labute approximate surface area is 142 Å². The molecule has 2 aromatic rings. The number of carbonyl (C=O) groups excluding carboxylic acids is 1. The van der Waals surface area contributed by atoms with Crippen LogP contribution >= 0.6 is 0 Å². The molecule has 0 saturated heterocycles. The number of rotatable bonds is 5. The number of allylic oxidation sites excluding steroid dienone is 2. The van der Waals surface area contributed by atoms with Crippen molar-refractivity contribution < 1.29 is 27.8 Å². The lowest BCUT2D eigenvalue weighted by Crippen LogP contribution is -2.06. The largest absolute Gasteiger partial charge is 0.504 e. The van der Waals surface area contributed by atoms with Gasteiger partial charge < -0.3 is 9.84 Å². The summed E-state index contributed by atoms with van der Waals surface area (Å²) in [5.74, 6) is -0.247. The maximum Gasteiger partial charge on any atom is 0.416 e. The fourth-order valence-electron chi connectivity index (χ4n) is 2.10. The minimum atomic E-state index is -4.48. The molecule has 1 N–H and O–H groups in total. The van der Waals surface area contributed by atoms with Crippen molar-refractivity contribution in [1.82, 2.24) is 0 Å². The van der Waals surface area contributed by atoms with Crippen LogP contribution in [0.5, 0.6) is 11.5 Å². The van der Waals surface area contributed by atoms with E-state index < -0.39 is 17.5 Å². The first-order valence-corrected chi connectivity index (χ1v) is 7.24. The number of phenolic OH excluding ortho intramolecular Hbond substituents is 1. The molecule has 0 spiro atoms. The van der Waals surface area contributed by atoms with Crippen molar-refractivity contribution in [3.05, 3.63) is 71.3 Å². The van der Waals surface area contributed by atoms with Crippen LogP contribution in [0.3, 0.4) is 0 Å². The number of benzene rings is 2. The normalized spacial score (nSPS) is 12.0. The van der Waals surface area contributed by atoms with Crippen LogP contribution in [0.25, 0.3) is 12.2 Å². The average molecular weight is 348 g/mol. The van der Waals surface area contributed by atoms with E-state index in [0.717, 1.165) is 18.2 Å². The Kier molecular flexibility index (Phi) is 5.64. The fraction of sp³-hybridized carbons (Fsp3) is 0.105. The van der Waals surface area contributed by atoms with E-state index >= 15 is 0 Å². The van der Waals surface area contributed by atoms with E-state index in [4.69, 9.17) is 4.74 Å². The van der Waals surface area contributed by atoms with E-state index in [0.29, 0.717) is 5.56 Å². The highest BCUT2D eigenvalue weighted by Gasteiger charge is 2.32. The third-order valence-electron chi connectivity index (χ3n) is 3.34. The Morgan fingerprint density at radius 2 is 1.76 bits per heavy atom. The number of hydrogen-bond donors (Lipinski definition) is 1. The molecule has 0 fully saturated rings. The summed E-state index contributed by atoms with van der Waals surface area (Å²) in [6.07, 6.45) is 0.414. The van der Waals surface area contributed by atoms with E-state index in [2.05, 4.69) is 0 Å². The van der Waals surface area contributed by atoms with Crippen molar-refractivity contribution in [2.45, 2.75) is 6.18 Å². The third kappa shape index (κ3) is 4.97. The Bertz CT molecular complexity index is 821. The van der Waals surface area contributed by atoms with E-state index in [1.54, 1.807) is 6.07 Å². The lowest BCUT2D eigenvalue weighted by molar-refractivity contribution is -0.137. The van der Waals surface area contributed by atoms with Crippen LogP contribution < -0.4 is 4.74 Å². The molecule has 0 aliphatic rings. The zero-order chi connectivity index (χ0) is 18.4. The molecule has 0 bridgehead atoms. The molecule has 0 radical (unpaired) electrons. The van der Waals surface area contributed by atoms with E-state index in [-0.39, 0.29) is 17.1 Å². The van der Waals surface area contributed by atoms with Gasteiger partial charge in [0.05, 0.1) is 12.7 Å². The summed E-state index contributed by atoms with van der Waals surface area (Å²) in [6.45, 7) is 0. The summed E-state index contributed by atoms with van der Waals surface area (Å²) in [5, 5.41) is 9.50. The predicted octanol–water partition coefficient (Wildman–Crippen LogP) is 4.72. The van der Waals surface area contributed by atoms with Crippen molar-refractivity contribution in [2.24, 2.45) is 0 Å². The Morgan fingerprint density at radius 3 is 2.44 bits per heavy atom. The number of ketones is 1. The number of ether oxygens (including phenoxy) is 1. The average Bonchev–Trinajstić information content (AvgIpc) is 2.58. The number of methoxy groups -OCH3 is 1. The first kappa shape index (κ1) is 18.3. The van der Waals surface area contributed by atoms with Crippen molar-refractivity contribution in [2.75, 3.05) is 7.11 Å². The van der Waals surface area contributed by atoms with E-state index in [1.165, 1.54) is 49.6 Å². The number of halogens is 3. The molecule has 2 rings (SSSR count). The Balaban J connectivity index is 2.14. The summed E-state index contributed by atoms with van der Waals surface area (Å²) in [7, 11) is 1.40. The molecule has 2 aromatic carbocycles. The second kappa shape index (κ2) is 7.70. The molecule has 25 heavy (non-hydrogen) atoms. The number of carbonyl (C=O) groups is 1. The van der Waals surface area contributed by atoms with Gasteiger partial charge in [-0.25, -0.2) is 0 Å². The van der Waals surface area contributed by atoms with Gasteiger partial charge in [-0.3, -0.25) is 4.79 Å². The van der Waals surface area contributed by atoms with Crippen LogP contribution in [-0.4, -0.2) is 18.0 Å². The summed E-state index contributed by atoms with van der Waals surface area (Å²) < 4.78 is 43.6. The molecule has 6 heteroatoms. The lowest BCUT2D eigenvalue weighted by atomic mass is 10.1. The lowest BCUT2D eigenvalue weighted by Gasteiger charge is -2.09. The molecule has 0 heterocycles. The van der Waals surface area contributed by atoms with Gasteiger partial charge in [-0.1, -0.05) is 36.4 Å². The standard InChI is InChI=1S/C19H15F3O3/c1-25-18-12-13(7-11-17(18)24)6-9-15(23)10-8-14-4-2-3-5-16(14)19(20,21)22/h2-12,24H,1H3/b9-6+,10-8+. The monoisotopic (exact) mass is 348 g/mol. The van der Waals surface area contributed by atoms with Gasteiger partial charge in [0.25, 0.3) is 0 Å². The van der Waals surface area contributed by atoms with Crippen LogP contribution in [0.2, 0.25) is 0 Å². The highest BCUT2D eigenvalue weighted by atomic mass is 19.4. The van der Waals surface area contributed by atoms with Gasteiger partial charge in [0, 0.05) is 0 Å². The van der Waals surface area contributed by atoms with Gasteiger partial charge in [0.15, 0.2) is 17.3 Å². The van der Waals surface area contributed by atoms with Gasteiger partial charge in [0.2, 0.25) is 0 Å². The first-order chi connectivity index (χ1) is 11.8. The molecule has 3 nitrogen and oxygen atoms in total. The zero-order valence-corrected chi connectivity index (χ0v) is 13.2. The molecule has 0 unspecified atom stereocenters. The summed E-state index contributed by atoms with van der Waals surface area (Å²) in [6, 6.07) is 9.53. The second-order valence-corrected chi connectivity index (χ2v) is 5.09. The van der Waals surface area contributed by atoms with Gasteiger partial charge in [-0.05, 0) is 41.5 Å². The van der Waals surface area contributed by atoms with Gasteiger partial charge in [-0.2, -0.15) is 13.2 Å². The van der Waals surface area contributed by atoms with Crippen molar-refractivity contribution in [1.29, 1.82) is 0 Å². The molecule has 130 valence electrons. The number of aromatic hydroxyl groups is 1. The van der Waals surface area contributed by atoms with Crippen LogP contribution in [0, 0.1) is 0 Å². The highest BCUT2D eigenvalue weighted by molar-refractivity contribution is 6.04. The minimum absolute atomic E-state index is 0.0327. The van der Waals surface area contributed by atoms with Crippen molar-refractivity contribution >= 4 is 17.9 Å². The fourth-order valence-corrected chi connectivity index (χ4v) is 2.10. The number of hydrogen-bond acceptors (Lipinski definition) is 3. The third-order valence-corrected chi connectivity index (χ3v) is 3.34. The molecule has 0 amide bonds. The summed E-state index contributed by atoms with van der Waals surface area (Å²) >= 11 is 0. The molecular weight excluding hydrogens is 333 g/mol. The predicted molar refractivity (Wildman–Crippen MR) is 89.2 cm³/mol. The zero-order valence-electron chi connectivity index (χ0n) is 13.2. The topological polar surface area (TPSA) is 46.5 Å². The maximum absolute atomic E-state index is 12.9. The van der Waals surface area contributed by atoms with Crippen LogP contribution in [-0.2, 0) is 11.0 Å². The van der Waals surface area contributed by atoms with Crippen LogP contribution in [0.1, 0.15) is 16.7 Å². The molecule has 0 atom stereocenters. The minimum Gasteiger partial charge on any atom is -0.504 e. The molecule has 0 aliphatic heterocycles. The smallest absolute Gasteiger partial charge is 0.416 e. The van der Waals surface area contributed by atoms with Gasteiger partial charge in [-0.15, -0.1) is 0 Å². The Morgan fingerprint density at radius 1 is 1.08 bits per heavy atom. The molecule has 0 aromatic heterocycles. The quantitative estimate of drug-likeness (QED) is 0.796. The van der Waals surface area contributed by atoms with Crippen molar-refractivity contribution in [3.63, 3.8) is 0 Å². The summed E-state index contributed by atoms with van der Waals surface area (Å²) in [4.78, 5) is 11.8. The molecule has 0 aliphatic carbocycles. The van der Waals surface area contributed by atoms with E-state index in [9.17, 15) is 23.1 Å². The van der Waals surface area contributed by atoms with Gasteiger partial charge >= 0.3 is 6.18 Å². The summed E-state index contributed by atoms with van der Waals surface area (Å²) in [5.41, 5.74) is -0.276. The van der Waals surface area contributed by atoms with Crippen LogP contribution in [0.4, 0.5) is 13.2 Å². The van der Waals surface area contributed by atoms with Crippen molar-refractivity contribution in [3.8, 4) is 11.5 Å². The van der Waals surface area contributed by atoms with Gasteiger partial charge in [0.1, 0.15) is 0 Å². The van der Waals surface area contributed by atoms with E-state index in [1.807, 2.05) is 0 Å².